The number of methoxy groups -OCH3 is 1. The van der Waals surface area contributed by atoms with Crippen LogP contribution >= 0.6 is 11.6 Å². The molecule has 7 heteroatoms. The van der Waals surface area contributed by atoms with Crippen molar-refractivity contribution < 1.29 is 19.1 Å². The van der Waals surface area contributed by atoms with Crippen LogP contribution in [0.2, 0.25) is 5.02 Å². The van der Waals surface area contributed by atoms with Gasteiger partial charge in [-0.15, -0.1) is 0 Å². The van der Waals surface area contributed by atoms with Gasteiger partial charge >= 0.3 is 0 Å². The molecule has 1 heterocycles. The Kier molecular flexibility index (Phi) is 6.41. The van der Waals surface area contributed by atoms with Gasteiger partial charge in [-0.3, -0.25) is 9.59 Å². The Morgan fingerprint density at radius 2 is 1.68 bits per heavy atom. The summed E-state index contributed by atoms with van der Waals surface area (Å²) in [6, 6.07) is 12.6. The van der Waals surface area contributed by atoms with Crippen LogP contribution in [-0.4, -0.2) is 54.9 Å². The molecule has 2 aromatic carbocycles. The smallest absolute Gasteiger partial charge is 0.254 e. The Labute approximate surface area is 169 Å². The van der Waals surface area contributed by atoms with E-state index < -0.39 is 0 Å². The number of rotatable bonds is 5. The molecular formula is C21H23ClN2O4. The number of benzene rings is 2. The summed E-state index contributed by atoms with van der Waals surface area (Å²) in [5.74, 6) is 0.980. The molecule has 0 radical (unpaired) electrons. The van der Waals surface area contributed by atoms with Crippen LogP contribution in [0.5, 0.6) is 11.5 Å². The average molecular weight is 403 g/mol. The zero-order valence-corrected chi connectivity index (χ0v) is 16.7. The Bertz CT molecular complexity index is 863. The third-order valence-electron chi connectivity index (χ3n) is 4.76. The molecule has 0 aliphatic carbocycles. The molecule has 148 valence electrons. The van der Waals surface area contributed by atoms with Crippen molar-refractivity contribution >= 4 is 23.4 Å². The quantitative estimate of drug-likeness (QED) is 0.770. The SMILES string of the molecule is COc1cc(C(=O)N2CCN(C(C)=O)CC2)ccc1OCc1ccccc1Cl. The third kappa shape index (κ3) is 4.57. The monoisotopic (exact) mass is 402 g/mol. The van der Waals surface area contributed by atoms with Crippen LogP contribution in [-0.2, 0) is 11.4 Å². The Morgan fingerprint density at radius 1 is 1.00 bits per heavy atom. The van der Waals surface area contributed by atoms with Gasteiger partial charge in [-0.05, 0) is 24.3 Å². The van der Waals surface area contributed by atoms with Gasteiger partial charge in [0.25, 0.3) is 5.91 Å². The minimum absolute atomic E-state index is 0.0359. The van der Waals surface area contributed by atoms with E-state index in [4.69, 9.17) is 21.1 Å². The van der Waals surface area contributed by atoms with Gasteiger partial charge < -0.3 is 19.3 Å². The van der Waals surface area contributed by atoms with E-state index in [1.165, 1.54) is 7.11 Å². The molecular weight excluding hydrogens is 380 g/mol. The highest BCUT2D eigenvalue weighted by Gasteiger charge is 2.24. The number of carbonyl (C=O) groups is 2. The normalized spacial score (nSPS) is 14.0. The highest BCUT2D eigenvalue weighted by molar-refractivity contribution is 6.31. The first-order valence-electron chi connectivity index (χ1n) is 9.08. The molecule has 1 aliphatic rings. The molecule has 0 aromatic heterocycles. The summed E-state index contributed by atoms with van der Waals surface area (Å²) in [5.41, 5.74) is 1.40. The van der Waals surface area contributed by atoms with Crippen molar-refractivity contribution in [3.8, 4) is 11.5 Å². The fourth-order valence-electron chi connectivity index (χ4n) is 3.10. The maximum absolute atomic E-state index is 12.8. The molecule has 28 heavy (non-hydrogen) atoms. The van der Waals surface area contributed by atoms with Gasteiger partial charge in [0, 0.05) is 49.3 Å². The number of hydrogen-bond donors (Lipinski definition) is 0. The van der Waals surface area contributed by atoms with Crippen molar-refractivity contribution in [1.29, 1.82) is 0 Å². The van der Waals surface area contributed by atoms with Crippen LogP contribution in [0.15, 0.2) is 42.5 Å². The number of halogens is 1. The number of ether oxygens (including phenoxy) is 2. The fourth-order valence-corrected chi connectivity index (χ4v) is 3.29. The average Bonchev–Trinajstić information content (AvgIpc) is 2.72. The minimum Gasteiger partial charge on any atom is -0.493 e. The van der Waals surface area contributed by atoms with Gasteiger partial charge in [0.1, 0.15) is 6.61 Å². The second kappa shape index (κ2) is 8.97. The van der Waals surface area contributed by atoms with Gasteiger partial charge in [0.2, 0.25) is 5.91 Å². The van der Waals surface area contributed by atoms with Crippen LogP contribution in [0.4, 0.5) is 0 Å². The minimum atomic E-state index is -0.0841. The second-order valence-electron chi connectivity index (χ2n) is 6.54. The predicted molar refractivity (Wildman–Crippen MR) is 107 cm³/mol. The Morgan fingerprint density at radius 3 is 2.32 bits per heavy atom. The lowest BCUT2D eigenvalue weighted by atomic mass is 10.1. The summed E-state index contributed by atoms with van der Waals surface area (Å²) in [4.78, 5) is 27.7. The lowest BCUT2D eigenvalue weighted by Gasteiger charge is -2.34. The molecule has 6 nitrogen and oxygen atoms in total. The van der Waals surface area contributed by atoms with Crippen molar-refractivity contribution in [2.75, 3.05) is 33.3 Å². The van der Waals surface area contributed by atoms with Crippen molar-refractivity contribution in [3.05, 3.63) is 58.6 Å². The molecule has 0 spiro atoms. The summed E-state index contributed by atoms with van der Waals surface area (Å²) in [7, 11) is 1.54. The Hall–Kier alpha value is -2.73. The first-order chi connectivity index (χ1) is 13.5. The molecule has 2 amide bonds. The largest absolute Gasteiger partial charge is 0.493 e. The lowest BCUT2D eigenvalue weighted by Crippen LogP contribution is -2.50. The molecule has 0 bridgehead atoms. The lowest BCUT2D eigenvalue weighted by molar-refractivity contribution is -0.130. The third-order valence-corrected chi connectivity index (χ3v) is 5.13. The highest BCUT2D eigenvalue weighted by atomic mass is 35.5. The van der Waals surface area contributed by atoms with Crippen molar-refractivity contribution in [2.45, 2.75) is 13.5 Å². The maximum atomic E-state index is 12.8. The van der Waals surface area contributed by atoms with E-state index in [9.17, 15) is 9.59 Å². The van der Waals surface area contributed by atoms with Crippen molar-refractivity contribution in [2.24, 2.45) is 0 Å². The van der Waals surface area contributed by atoms with Crippen LogP contribution in [0.3, 0.4) is 0 Å². The predicted octanol–water partition coefficient (Wildman–Crippen LogP) is 3.23. The molecule has 1 fully saturated rings. The van der Waals surface area contributed by atoms with Crippen molar-refractivity contribution in [3.63, 3.8) is 0 Å². The molecule has 0 N–H and O–H groups in total. The molecule has 0 unspecified atom stereocenters. The number of piperazine rings is 1. The van der Waals surface area contributed by atoms with E-state index in [0.29, 0.717) is 54.9 Å². The molecule has 0 atom stereocenters. The van der Waals surface area contributed by atoms with E-state index in [2.05, 4.69) is 0 Å². The summed E-state index contributed by atoms with van der Waals surface area (Å²) in [6.45, 7) is 3.99. The van der Waals surface area contributed by atoms with E-state index in [1.807, 2.05) is 24.3 Å². The van der Waals surface area contributed by atoms with Crippen LogP contribution < -0.4 is 9.47 Å². The molecule has 0 saturated carbocycles. The van der Waals surface area contributed by atoms with Gasteiger partial charge in [0.15, 0.2) is 11.5 Å². The Balaban J connectivity index is 1.68. The zero-order valence-electron chi connectivity index (χ0n) is 16.0. The number of hydrogen-bond acceptors (Lipinski definition) is 4. The first kappa shape index (κ1) is 20.0. The van der Waals surface area contributed by atoms with Crippen LogP contribution in [0.1, 0.15) is 22.8 Å². The van der Waals surface area contributed by atoms with E-state index >= 15 is 0 Å². The van der Waals surface area contributed by atoms with E-state index in [1.54, 1.807) is 34.9 Å². The molecule has 1 aliphatic heterocycles. The number of amides is 2. The summed E-state index contributed by atoms with van der Waals surface area (Å²) in [6.07, 6.45) is 0. The van der Waals surface area contributed by atoms with E-state index in [0.717, 1.165) is 5.56 Å². The summed E-state index contributed by atoms with van der Waals surface area (Å²) >= 11 is 6.16. The summed E-state index contributed by atoms with van der Waals surface area (Å²) < 4.78 is 11.2. The number of nitrogens with zero attached hydrogens (tertiary/aromatic N) is 2. The van der Waals surface area contributed by atoms with Crippen LogP contribution in [0.25, 0.3) is 0 Å². The van der Waals surface area contributed by atoms with Gasteiger partial charge in [0.05, 0.1) is 7.11 Å². The van der Waals surface area contributed by atoms with Crippen LogP contribution in [0, 0.1) is 0 Å². The zero-order chi connectivity index (χ0) is 20.1. The summed E-state index contributed by atoms with van der Waals surface area (Å²) in [5, 5.41) is 0.637. The fraction of sp³-hybridized carbons (Fsp3) is 0.333. The van der Waals surface area contributed by atoms with E-state index in [-0.39, 0.29) is 11.8 Å². The highest BCUT2D eigenvalue weighted by Crippen LogP contribution is 2.30. The van der Waals surface area contributed by atoms with Gasteiger partial charge in [-0.25, -0.2) is 0 Å². The maximum Gasteiger partial charge on any atom is 0.254 e. The molecule has 1 saturated heterocycles. The first-order valence-corrected chi connectivity index (χ1v) is 9.46. The topological polar surface area (TPSA) is 59.1 Å². The molecule has 2 aromatic rings. The molecule has 3 rings (SSSR count). The number of carbonyl (C=O) groups excluding carboxylic acids is 2. The van der Waals surface area contributed by atoms with Gasteiger partial charge in [-0.2, -0.15) is 0 Å². The standard InChI is InChI=1S/C21H23ClN2O4/c1-15(25)23-9-11-24(12-10-23)21(26)16-7-8-19(20(13-16)27-2)28-14-17-5-3-4-6-18(17)22/h3-8,13H,9-12,14H2,1-2H3. The van der Waals surface area contributed by atoms with Crippen molar-refractivity contribution in [1.82, 2.24) is 9.80 Å². The second-order valence-corrected chi connectivity index (χ2v) is 6.95. The van der Waals surface area contributed by atoms with Gasteiger partial charge in [-0.1, -0.05) is 29.8 Å².